The van der Waals surface area contributed by atoms with Gasteiger partial charge < -0.3 is 11.1 Å². The van der Waals surface area contributed by atoms with E-state index in [1.807, 2.05) is 45.2 Å². The van der Waals surface area contributed by atoms with Crippen molar-refractivity contribution >= 4 is 11.6 Å². The van der Waals surface area contributed by atoms with Crippen molar-refractivity contribution in [3.63, 3.8) is 0 Å². The van der Waals surface area contributed by atoms with Crippen LogP contribution >= 0.6 is 0 Å². The van der Waals surface area contributed by atoms with Crippen LogP contribution in [0.2, 0.25) is 0 Å². The zero-order valence-corrected chi connectivity index (χ0v) is 11.3. The highest BCUT2D eigenvalue weighted by Crippen LogP contribution is 2.17. The number of anilines is 1. The van der Waals surface area contributed by atoms with Gasteiger partial charge in [0, 0.05) is 24.5 Å². The molecule has 5 heteroatoms. The Hall–Kier alpha value is -2.14. The third-order valence-electron chi connectivity index (χ3n) is 3.15. The van der Waals surface area contributed by atoms with E-state index < -0.39 is 0 Å². The molecule has 5 nitrogen and oxygen atoms in total. The van der Waals surface area contributed by atoms with Gasteiger partial charge in [0.15, 0.2) is 0 Å². The van der Waals surface area contributed by atoms with Crippen molar-refractivity contribution in [2.45, 2.75) is 19.9 Å². The molecular weight excluding hydrogens is 240 g/mol. The molecule has 0 radical (unpaired) electrons. The van der Waals surface area contributed by atoms with Crippen LogP contribution in [0.5, 0.6) is 0 Å². The highest BCUT2D eigenvalue weighted by molar-refractivity contribution is 6.04. The second-order valence-electron chi connectivity index (χ2n) is 4.64. The van der Waals surface area contributed by atoms with Gasteiger partial charge in [-0.1, -0.05) is 12.1 Å². The fourth-order valence-electron chi connectivity index (χ4n) is 1.82. The molecule has 0 saturated heterocycles. The number of hydrogen-bond acceptors (Lipinski definition) is 3. The molecule has 2 aromatic rings. The van der Waals surface area contributed by atoms with Gasteiger partial charge in [-0.05, 0) is 31.5 Å². The summed E-state index contributed by atoms with van der Waals surface area (Å²) in [5.74, 6) is -0.160. The highest BCUT2D eigenvalue weighted by atomic mass is 16.1. The van der Waals surface area contributed by atoms with Gasteiger partial charge in [-0.15, -0.1) is 0 Å². The maximum absolute atomic E-state index is 12.1. The molecule has 2 rings (SSSR count). The molecule has 1 heterocycles. The van der Waals surface area contributed by atoms with Crippen molar-refractivity contribution in [3.8, 4) is 0 Å². The van der Waals surface area contributed by atoms with E-state index in [9.17, 15) is 4.79 Å². The average Bonchev–Trinajstić information content (AvgIpc) is 2.70. The Morgan fingerprint density at radius 2 is 2.21 bits per heavy atom. The Labute approximate surface area is 112 Å². The molecule has 3 N–H and O–H groups in total. The van der Waals surface area contributed by atoms with Crippen LogP contribution in [0.15, 0.2) is 30.5 Å². The van der Waals surface area contributed by atoms with E-state index in [1.54, 1.807) is 10.9 Å². The number of nitrogens with one attached hydrogen (secondary N) is 1. The number of hydrogen-bond donors (Lipinski definition) is 2. The Morgan fingerprint density at radius 1 is 1.47 bits per heavy atom. The summed E-state index contributed by atoms with van der Waals surface area (Å²) in [4.78, 5) is 12.1. The van der Waals surface area contributed by atoms with Crippen molar-refractivity contribution < 1.29 is 4.79 Å². The van der Waals surface area contributed by atoms with Gasteiger partial charge in [0.1, 0.15) is 0 Å². The summed E-state index contributed by atoms with van der Waals surface area (Å²) in [5, 5.41) is 6.92. The van der Waals surface area contributed by atoms with Crippen molar-refractivity contribution in [2.24, 2.45) is 12.8 Å². The molecule has 1 aromatic carbocycles. The molecule has 0 saturated carbocycles. The number of carbonyl (C=O) groups excluding carboxylic acids is 1. The monoisotopic (exact) mass is 258 g/mol. The maximum Gasteiger partial charge on any atom is 0.259 e. The molecular formula is C14H18N4O. The molecule has 0 bridgehead atoms. The quantitative estimate of drug-likeness (QED) is 0.884. The van der Waals surface area contributed by atoms with Crippen LogP contribution in [0.1, 0.15) is 34.6 Å². The SMILES string of the molecule is Cc1c(C(=O)Nc2cccc(C(C)N)c2)cnn1C. The average molecular weight is 258 g/mol. The lowest BCUT2D eigenvalue weighted by Crippen LogP contribution is -2.13. The van der Waals surface area contributed by atoms with E-state index in [0.717, 1.165) is 16.9 Å². The van der Waals surface area contributed by atoms with E-state index in [4.69, 9.17) is 5.73 Å². The summed E-state index contributed by atoms with van der Waals surface area (Å²) in [5.41, 5.74) is 8.96. The number of rotatable bonds is 3. The third-order valence-corrected chi connectivity index (χ3v) is 3.15. The molecule has 100 valence electrons. The lowest BCUT2D eigenvalue weighted by Gasteiger charge is -2.09. The number of aromatic nitrogens is 2. The topological polar surface area (TPSA) is 72.9 Å². The predicted molar refractivity (Wildman–Crippen MR) is 74.9 cm³/mol. The van der Waals surface area contributed by atoms with Crippen molar-refractivity contribution in [1.82, 2.24) is 9.78 Å². The van der Waals surface area contributed by atoms with Crippen LogP contribution in [-0.4, -0.2) is 15.7 Å². The number of nitrogens with zero attached hydrogens (tertiary/aromatic N) is 2. The van der Waals surface area contributed by atoms with Gasteiger partial charge >= 0.3 is 0 Å². The summed E-state index contributed by atoms with van der Waals surface area (Å²) in [6, 6.07) is 7.49. The minimum atomic E-state index is -0.160. The van der Waals surface area contributed by atoms with E-state index in [1.165, 1.54) is 0 Å². The first kappa shape index (κ1) is 13.3. The van der Waals surface area contributed by atoms with Crippen molar-refractivity contribution in [3.05, 3.63) is 47.3 Å². The van der Waals surface area contributed by atoms with Crippen LogP contribution in [0.4, 0.5) is 5.69 Å². The summed E-state index contributed by atoms with van der Waals surface area (Å²) < 4.78 is 1.67. The first-order valence-corrected chi connectivity index (χ1v) is 6.14. The standard InChI is InChI=1S/C14H18N4O/c1-9(15)11-5-4-6-12(7-11)17-14(19)13-8-16-18(3)10(13)2/h4-9H,15H2,1-3H3,(H,17,19). The van der Waals surface area contributed by atoms with E-state index in [0.29, 0.717) is 5.56 Å². The summed E-state index contributed by atoms with van der Waals surface area (Å²) >= 11 is 0. The van der Waals surface area contributed by atoms with Gasteiger partial charge in [0.05, 0.1) is 11.8 Å². The maximum atomic E-state index is 12.1. The van der Waals surface area contributed by atoms with Gasteiger partial charge in [0.25, 0.3) is 5.91 Å². The Bertz CT molecular complexity index is 601. The largest absolute Gasteiger partial charge is 0.324 e. The number of amides is 1. The first-order valence-electron chi connectivity index (χ1n) is 6.14. The Balaban J connectivity index is 2.19. The summed E-state index contributed by atoms with van der Waals surface area (Å²) in [6.07, 6.45) is 1.57. The fraction of sp³-hybridized carbons (Fsp3) is 0.286. The molecule has 19 heavy (non-hydrogen) atoms. The van der Waals surface area contributed by atoms with Crippen LogP contribution in [0, 0.1) is 6.92 Å². The minimum Gasteiger partial charge on any atom is -0.324 e. The van der Waals surface area contributed by atoms with Gasteiger partial charge in [-0.2, -0.15) is 5.10 Å². The van der Waals surface area contributed by atoms with Gasteiger partial charge in [0.2, 0.25) is 0 Å². The van der Waals surface area contributed by atoms with E-state index >= 15 is 0 Å². The summed E-state index contributed by atoms with van der Waals surface area (Å²) in [6.45, 7) is 3.77. The smallest absolute Gasteiger partial charge is 0.259 e. The number of aryl methyl sites for hydroxylation is 1. The Morgan fingerprint density at radius 3 is 2.79 bits per heavy atom. The summed E-state index contributed by atoms with van der Waals surface area (Å²) in [7, 11) is 1.81. The number of benzene rings is 1. The molecule has 0 aliphatic heterocycles. The van der Waals surface area contributed by atoms with Crippen LogP contribution < -0.4 is 11.1 Å². The van der Waals surface area contributed by atoms with Crippen LogP contribution in [-0.2, 0) is 7.05 Å². The number of nitrogens with two attached hydrogens (primary N) is 1. The molecule has 1 atom stereocenters. The first-order chi connectivity index (χ1) is 8.99. The van der Waals surface area contributed by atoms with E-state index in [2.05, 4.69) is 10.4 Å². The molecule has 1 aromatic heterocycles. The fourth-order valence-corrected chi connectivity index (χ4v) is 1.82. The third kappa shape index (κ3) is 2.82. The van der Waals surface area contributed by atoms with Crippen LogP contribution in [0.3, 0.4) is 0 Å². The molecule has 0 aliphatic rings. The molecule has 0 fully saturated rings. The Kier molecular flexibility index (Phi) is 3.66. The lowest BCUT2D eigenvalue weighted by atomic mass is 10.1. The lowest BCUT2D eigenvalue weighted by molar-refractivity contribution is 0.102. The molecule has 1 amide bonds. The van der Waals surface area contributed by atoms with Gasteiger partial charge in [-0.3, -0.25) is 9.48 Å². The van der Waals surface area contributed by atoms with E-state index in [-0.39, 0.29) is 11.9 Å². The molecule has 1 unspecified atom stereocenters. The highest BCUT2D eigenvalue weighted by Gasteiger charge is 2.13. The van der Waals surface area contributed by atoms with Crippen molar-refractivity contribution in [2.75, 3.05) is 5.32 Å². The minimum absolute atomic E-state index is 0.0584. The predicted octanol–water partition coefficient (Wildman–Crippen LogP) is 2.00. The second-order valence-corrected chi connectivity index (χ2v) is 4.64. The zero-order valence-electron chi connectivity index (χ0n) is 11.3. The van der Waals surface area contributed by atoms with Crippen molar-refractivity contribution in [1.29, 1.82) is 0 Å². The molecule has 0 aliphatic carbocycles. The van der Waals surface area contributed by atoms with Crippen LogP contribution in [0.25, 0.3) is 0 Å². The second kappa shape index (κ2) is 5.24. The normalized spacial score (nSPS) is 12.2. The number of carbonyl (C=O) groups is 1. The van der Waals surface area contributed by atoms with Gasteiger partial charge in [-0.25, -0.2) is 0 Å². The zero-order chi connectivity index (χ0) is 14.0. The molecule has 0 spiro atoms.